The van der Waals surface area contributed by atoms with Crippen molar-refractivity contribution >= 4 is 23.5 Å². The van der Waals surface area contributed by atoms with Crippen LogP contribution >= 0.6 is 0 Å². The summed E-state index contributed by atoms with van der Waals surface area (Å²) in [6.07, 6.45) is 1.09. The van der Waals surface area contributed by atoms with Gasteiger partial charge in [-0.3, -0.25) is 19.2 Å². The van der Waals surface area contributed by atoms with Crippen molar-refractivity contribution in [3.05, 3.63) is 0 Å². The van der Waals surface area contributed by atoms with Gasteiger partial charge in [0.05, 0.1) is 5.41 Å². The molecule has 2 aliphatic rings. The molecule has 2 fully saturated rings. The van der Waals surface area contributed by atoms with Gasteiger partial charge in [0, 0.05) is 11.8 Å². The summed E-state index contributed by atoms with van der Waals surface area (Å²) in [5, 5.41) is 18.5. The van der Waals surface area contributed by atoms with Crippen LogP contribution in [0, 0.1) is 16.2 Å². The number of rotatable bonds is 4. The van der Waals surface area contributed by atoms with Crippen LogP contribution in [-0.4, -0.2) is 33.7 Å². The van der Waals surface area contributed by atoms with Crippen molar-refractivity contribution in [3.8, 4) is 0 Å². The summed E-state index contributed by atoms with van der Waals surface area (Å²) in [4.78, 5) is 48.2. The van der Waals surface area contributed by atoms with E-state index < -0.39 is 28.2 Å². The standard InChI is InChI=1S/C16H22O6/c1-3-14(4-2)9-10(17)15(11(14)18)5-7-16(8-6-15,12(19)20)13(21)22/h3-9H2,1-2H3,(H,19,20)(H,21,22). The summed E-state index contributed by atoms with van der Waals surface area (Å²) < 4.78 is 0. The van der Waals surface area contributed by atoms with Gasteiger partial charge in [0.2, 0.25) is 0 Å². The van der Waals surface area contributed by atoms with Crippen LogP contribution in [0.1, 0.15) is 58.8 Å². The molecule has 6 nitrogen and oxygen atoms in total. The van der Waals surface area contributed by atoms with Crippen molar-refractivity contribution < 1.29 is 29.4 Å². The summed E-state index contributed by atoms with van der Waals surface area (Å²) in [7, 11) is 0. The highest BCUT2D eigenvalue weighted by Crippen LogP contribution is 2.56. The van der Waals surface area contributed by atoms with Gasteiger partial charge < -0.3 is 10.2 Å². The Morgan fingerprint density at radius 1 is 0.955 bits per heavy atom. The number of carboxylic acids is 2. The Hall–Kier alpha value is -1.72. The number of carboxylic acid groups (broad SMARTS) is 2. The lowest BCUT2D eigenvalue weighted by atomic mass is 9.60. The lowest BCUT2D eigenvalue weighted by molar-refractivity contribution is -0.171. The Morgan fingerprint density at radius 2 is 1.41 bits per heavy atom. The number of Topliss-reactive ketones (excluding diaryl/α,β-unsaturated/α-hetero) is 2. The normalized spacial score (nSPS) is 25.4. The molecule has 122 valence electrons. The lowest BCUT2D eigenvalue weighted by Crippen LogP contribution is -2.49. The van der Waals surface area contributed by atoms with E-state index in [4.69, 9.17) is 0 Å². The van der Waals surface area contributed by atoms with E-state index in [1.54, 1.807) is 0 Å². The minimum absolute atomic E-state index is 0.0328. The minimum atomic E-state index is -1.87. The Kier molecular flexibility index (Phi) is 3.92. The van der Waals surface area contributed by atoms with Crippen molar-refractivity contribution in [3.63, 3.8) is 0 Å². The molecule has 0 amide bonds. The maximum atomic E-state index is 12.9. The third kappa shape index (κ3) is 1.92. The number of carbonyl (C=O) groups excluding carboxylic acids is 2. The topological polar surface area (TPSA) is 109 Å². The van der Waals surface area contributed by atoms with Gasteiger partial charge in [0.15, 0.2) is 11.2 Å². The Labute approximate surface area is 128 Å². The van der Waals surface area contributed by atoms with Crippen LogP contribution in [0.3, 0.4) is 0 Å². The van der Waals surface area contributed by atoms with Crippen LogP contribution < -0.4 is 0 Å². The average Bonchev–Trinajstić information content (AvgIpc) is 2.70. The van der Waals surface area contributed by atoms with Gasteiger partial charge in [-0.2, -0.15) is 0 Å². The summed E-state index contributed by atoms with van der Waals surface area (Å²) >= 11 is 0. The largest absolute Gasteiger partial charge is 0.480 e. The van der Waals surface area contributed by atoms with E-state index >= 15 is 0 Å². The smallest absolute Gasteiger partial charge is 0.321 e. The molecule has 2 rings (SSSR count). The van der Waals surface area contributed by atoms with Gasteiger partial charge in [0.25, 0.3) is 0 Å². The molecule has 0 saturated heterocycles. The first-order valence-electron chi connectivity index (χ1n) is 7.76. The zero-order chi connectivity index (χ0) is 16.8. The monoisotopic (exact) mass is 310 g/mol. The zero-order valence-electron chi connectivity index (χ0n) is 13.0. The number of hydrogen-bond donors (Lipinski definition) is 2. The van der Waals surface area contributed by atoms with Gasteiger partial charge in [-0.05, 0) is 38.5 Å². The summed E-state index contributed by atoms with van der Waals surface area (Å²) in [5.74, 6) is -3.00. The number of hydrogen-bond acceptors (Lipinski definition) is 4. The fraction of sp³-hybridized carbons (Fsp3) is 0.750. The van der Waals surface area contributed by atoms with Crippen LogP contribution in [0.25, 0.3) is 0 Å². The fourth-order valence-corrected chi connectivity index (χ4v) is 4.14. The average molecular weight is 310 g/mol. The van der Waals surface area contributed by atoms with E-state index in [9.17, 15) is 29.4 Å². The molecule has 0 heterocycles. The van der Waals surface area contributed by atoms with E-state index in [1.807, 2.05) is 13.8 Å². The van der Waals surface area contributed by atoms with E-state index in [1.165, 1.54) is 0 Å². The predicted octanol–water partition coefficient (Wildman–Crippen LogP) is 2.05. The van der Waals surface area contributed by atoms with Crippen LogP contribution in [0.5, 0.6) is 0 Å². The molecule has 0 aliphatic heterocycles. The minimum Gasteiger partial charge on any atom is -0.480 e. The quantitative estimate of drug-likeness (QED) is 0.769. The number of aliphatic carboxylic acids is 2. The fourth-order valence-electron chi connectivity index (χ4n) is 4.14. The van der Waals surface area contributed by atoms with Gasteiger partial charge in [0.1, 0.15) is 5.78 Å². The first-order valence-corrected chi connectivity index (χ1v) is 7.76. The van der Waals surface area contributed by atoms with Gasteiger partial charge >= 0.3 is 11.9 Å². The zero-order valence-corrected chi connectivity index (χ0v) is 13.0. The number of ketones is 2. The van der Waals surface area contributed by atoms with Gasteiger partial charge in [-0.25, -0.2) is 0 Å². The first kappa shape index (κ1) is 16.6. The summed E-state index contributed by atoms with van der Waals surface area (Å²) in [6.45, 7) is 3.77. The number of carbonyl (C=O) groups is 4. The molecule has 1 spiro atoms. The SMILES string of the molecule is CCC1(CC)CC(=O)C2(CCC(C(=O)O)(C(=O)O)CC2)C1=O. The van der Waals surface area contributed by atoms with E-state index in [0.29, 0.717) is 12.8 Å². The van der Waals surface area contributed by atoms with Crippen molar-refractivity contribution in [2.45, 2.75) is 58.8 Å². The Morgan fingerprint density at radius 3 is 1.73 bits per heavy atom. The maximum Gasteiger partial charge on any atom is 0.321 e. The molecule has 0 bridgehead atoms. The lowest BCUT2D eigenvalue weighted by Gasteiger charge is -2.39. The summed E-state index contributed by atoms with van der Waals surface area (Å²) in [6, 6.07) is 0. The van der Waals surface area contributed by atoms with Crippen LogP contribution in [0.2, 0.25) is 0 Å². The van der Waals surface area contributed by atoms with Crippen LogP contribution in [0.4, 0.5) is 0 Å². The molecule has 6 heteroatoms. The Bertz CT molecular complexity index is 519. The van der Waals surface area contributed by atoms with E-state index in [0.717, 1.165) is 0 Å². The molecule has 0 aromatic heterocycles. The second kappa shape index (κ2) is 5.18. The molecule has 2 aliphatic carbocycles. The molecular formula is C16H22O6. The molecule has 2 N–H and O–H groups in total. The molecule has 2 saturated carbocycles. The van der Waals surface area contributed by atoms with Gasteiger partial charge in [-0.15, -0.1) is 0 Å². The van der Waals surface area contributed by atoms with Gasteiger partial charge in [-0.1, -0.05) is 13.8 Å². The van der Waals surface area contributed by atoms with Crippen LogP contribution in [-0.2, 0) is 19.2 Å². The summed E-state index contributed by atoms with van der Waals surface area (Å²) in [5.41, 5.74) is -3.67. The maximum absolute atomic E-state index is 12.9. The first-order chi connectivity index (χ1) is 10.2. The molecule has 0 unspecified atom stereocenters. The molecule has 0 aromatic rings. The third-order valence-electron chi connectivity index (χ3n) is 6.08. The molecule has 0 atom stereocenters. The third-order valence-corrected chi connectivity index (χ3v) is 6.08. The second-order valence-electron chi connectivity index (χ2n) is 6.69. The van der Waals surface area contributed by atoms with Crippen LogP contribution in [0.15, 0.2) is 0 Å². The highest BCUT2D eigenvalue weighted by molar-refractivity contribution is 6.16. The molecule has 22 heavy (non-hydrogen) atoms. The van der Waals surface area contributed by atoms with Crippen molar-refractivity contribution in [2.75, 3.05) is 0 Å². The highest BCUT2D eigenvalue weighted by atomic mass is 16.4. The van der Waals surface area contributed by atoms with E-state index in [-0.39, 0.29) is 43.7 Å². The molecule has 0 aromatic carbocycles. The highest BCUT2D eigenvalue weighted by Gasteiger charge is 2.64. The Balaban J connectivity index is 2.33. The van der Waals surface area contributed by atoms with E-state index in [2.05, 4.69) is 0 Å². The molecule has 0 radical (unpaired) electrons. The van der Waals surface area contributed by atoms with Crippen molar-refractivity contribution in [2.24, 2.45) is 16.2 Å². The second-order valence-corrected chi connectivity index (χ2v) is 6.69. The molecular weight excluding hydrogens is 288 g/mol. The van der Waals surface area contributed by atoms with Crippen molar-refractivity contribution in [1.29, 1.82) is 0 Å². The predicted molar refractivity (Wildman–Crippen MR) is 76.3 cm³/mol. The van der Waals surface area contributed by atoms with Crippen molar-refractivity contribution in [1.82, 2.24) is 0 Å².